The van der Waals surface area contributed by atoms with Crippen molar-refractivity contribution in [3.05, 3.63) is 58.6 Å². The maximum absolute atomic E-state index is 13.1. The fourth-order valence-corrected chi connectivity index (χ4v) is 4.49. The summed E-state index contributed by atoms with van der Waals surface area (Å²) in [5.74, 6) is 0.663. The van der Waals surface area contributed by atoms with E-state index in [-0.39, 0.29) is 23.5 Å². The Labute approximate surface area is 186 Å². The maximum atomic E-state index is 13.1. The second kappa shape index (κ2) is 9.10. The van der Waals surface area contributed by atoms with E-state index in [2.05, 4.69) is 0 Å². The summed E-state index contributed by atoms with van der Waals surface area (Å²) in [5, 5.41) is 0.468. The molecule has 7 heteroatoms. The first-order valence-electron chi connectivity index (χ1n) is 10.6. The van der Waals surface area contributed by atoms with Crippen LogP contribution in [0.1, 0.15) is 46.4 Å². The topological polar surface area (TPSA) is 66.9 Å². The summed E-state index contributed by atoms with van der Waals surface area (Å²) >= 11 is 6.30. The molecule has 2 saturated heterocycles. The van der Waals surface area contributed by atoms with Crippen LogP contribution in [0.2, 0.25) is 5.02 Å². The number of nitrogens with zero attached hydrogens (tertiary/aromatic N) is 2. The van der Waals surface area contributed by atoms with E-state index < -0.39 is 0 Å². The van der Waals surface area contributed by atoms with Gasteiger partial charge in [-0.25, -0.2) is 0 Å². The molecule has 2 fully saturated rings. The number of Topliss-reactive ketones (excluding diaryl/α,β-unsaturated/α-hetero) is 1. The summed E-state index contributed by atoms with van der Waals surface area (Å²) in [6.07, 6.45) is 2.55. The molecule has 2 aliphatic heterocycles. The van der Waals surface area contributed by atoms with Gasteiger partial charge < -0.3 is 14.5 Å². The van der Waals surface area contributed by atoms with Gasteiger partial charge in [0, 0.05) is 43.1 Å². The summed E-state index contributed by atoms with van der Waals surface area (Å²) in [5.41, 5.74) is 1.78. The molecule has 2 aromatic rings. The molecule has 4 rings (SSSR count). The van der Waals surface area contributed by atoms with Gasteiger partial charge in [0.05, 0.1) is 17.8 Å². The Morgan fingerprint density at radius 1 is 1.00 bits per heavy atom. The van der Waals surface area contributed by atoms with Crippen LogP contribution in [0.3, 0.4) is 0 Å². The SMILES string of the molecule is COc1ccc(C(=O)C2CCN(C(=O)c3ccc(Cl)c(N4CCCC4=O)c3)CC2)cc1. The van der Waals surface area contributed by atoms with E-state index in [4.69, 9.17) is 16.3 Å². The van der Waals surface area contributed by atoms with Crippen LogP contribution in [0.15, 0.2) is 42.5 Å². The lowest BCUT2D eigenvalue weighted by molar-refractivity contribution is -0.117. The molecule has 0 radical (unpaired) electrons. The van der Waals surface area contributed by atoms with Crippen molar-refractivity contribution in [2.45, 2.75) is 25.7 Å². The van der Waals surface area contributed by atoms with Crippen LogP contribution in [-0.4, -0.2) is 49.2 Å². The number of amides is 2. The molecule has 0 N–H and O–H groups in total. The molecule has 2 amide bonds. The summed E-state index contributed by atoms with van der Waals surface area (Å²) in [4.78, 5) is 41.4. The van der Waals surface area contributed by atoms with Crippen molar-refractivity contribution in [2.24, 2.45) is 5.92 Å². The van der Waals surface area contributed by atoms with Gasteiger partial charge in [-0.1, -0.05) is 11.6 Å². The first-order chi connectivity index (χ1) is 15.0. The molecular formula is C24H25ClN2O4. The molecule has 2 aliphatic rings. The van der Waals surface area contributed by atoms with Gasteiger partial charge in [0.2, 0.25) is 5.91 Å². The molecule has 0 bridgehead atoms. The minimum atomic E-state index is -0.0973. The van der Waals surface area contributed by atoms with Crippen LogP contribution < -0.4 is 9.64 Å². The van der Waals surface area contributed by atoms with E-state index in [1.165, 1.54) is 0 Å². The van der Waals surface area contributed by atoms with Crippen molar-refractivity contribution in [3.8, 4) is 5.75 Å². The standard InChI is InChI=1S/C24H25ClN2O4/c1-31-19-7-4-16(5-8-19)23(29)17-10-13-26(14-11-17)24(30)18-6-9-20(25)21(15-18)27-12-2-3-22(27)28/h4-9,15,17H,2-3,10-14H2,1H3. The fraction of sp³-hybridized carbons (Fsp3) is 0.375. The Morgan fingerprint density at radius 3 is 2.29 bits per heavy atom. The highest BCUT2D eigenvalue weighted by Crippen LogP contribution is 2.31. The molecule has 0 aliphatic carbocycles. The molecule has 6 nitrogen and oxygen atoms in total. The lowest BCUT2D eigenvalue weighted by Crippen LogP contribution is -2.40. The number of carbonyl (C=O) groups is 3. The first-order valence-corrected chi connectivity index (χ1v) is 10.9. The number of piperidine rings is 1. The molecule has 2 aromatic carbocycles. The minimum Gasteiger partial charge on any atom is -0.497 e. The fourth-order valence-electron chi connectivity index (χ4n) is 4.27. The van der Waals surface area contributed by atoms with Crippen molar-refractivity contribution < 1.29 is 19.1 Å². The lowest BCUT2D eigenvalue weighted by atomic mass is 9.88. The number of anilines is 1. The Hall–Kier alpha value is -2.86. The maximum Gasteiger partial charge on any atom is 0.253 e. The van der Waals surface area contributed by atoms with Gasteiger partial charge in [0.1, 0.15) is 5.75 Å². The van der Waals surface area contributed by atoms with Crippen LogP contribution in [0.5, 0.6) is 5.75 Å². The zero-order valence-electron chi connectivity index (χ0n) is 17.5. The lowest BCUT2D eigenvalue weighted by Gasteiger charge is -2.31. The number of likely N-dealkylation sites (tertiary alicyclic amines) is 1. The quantitative estimate of drug-likeness (QED) is 0.653. The van der Waals surface area contributed by atoms with Crippen LogP contribution in [0.25, 0.3) is 0 Å². The largest absolute Gasteiger partial charge is 0.497 e. The highest BCUT2D eigenvalue weighted by molar-refractivity contribution is 6.34. The number of rotatable bonds is 5. The molecule has 0 unspecified atom stereocenters. The van der Waals surface area contributed by atoms with E-state index >= 15 is 0 Å². The molecule has 0 aromatic heterocycles. The second-order valence-electron chi connectivity index (χ2n) is 7.97. The zero-order valence-corrected chi connectivity index (χ0v) is 18.2. The number of halogens is 1. The van der Waals surface area contributed by atoms with Gasteiger partial charge in [-0.05, 0) is 61.7 Å². The summed E-state index contributed by atoms with van der Waals surface area (Å²) in [6.45, 7) is 1.66. The minimum absolute atomic E-state index is 0.0318. The van der Waals surface area contributed by atoms with Crippen LogP contribution in [0.4, 0.5) is 5.69 Å². The predicted octanol–water partition coefficient (Wildman–Crippen LogP) is 4.21. The third kappa shape index (κ3) is 4.44. The Kier molecular flexibility index (Phi) is 6.28. The smallest absolute Gasteiger partial charge is 0.253 e. The molecule has 2 heterocycles. The molecular weight excluding hydrogens is 416 g/mol. The van der Waals surface area contributed by atoms with Crippen LogP contribution in [-0.2, 0) is 4.79 Å². The number of hydrogen-bond donors (Lipinski definition) is 0. The van der Waals surface area contributed by atoms with Crippen molar-refractivity contribution in [2.75, 3.05) is 31.6 Å². The summed E-state index contributed by atoms with van der Waals surface area (Å²) in [6, 6.07) is 12.2. The van der Waals surface area contributed by atoms with Crippen molar-refractivity contribution in [1.82, 2.24) is 4.90 Å². The van der Waals surface area contributed by atoms with Crippen molar-refractivity contribution in [3.63, 3.8) is 0 Å². The Morgan fingerprint density at radius 2 is 1.68 bits per heavy atom. The number of ether oxygens (including phenoxy) is 1. The van der Waals surface area contributed by atoms with E-state index in [1.807, 2.05) is 0 Å². The molecule has 0 spiro atoms. The van der Waals surface area contributed by atoms with E-state index in [0.29, 0.717) is 60.7 Å². The number of ketones is 1. The van der Waals surface area contributed by atoms with Crippen LogP contribution >= 0.6 is 11.6 Å². The third-order valence-corrected chi connectivity index (χ3v) is 6.40. The van der Waals surface area contributed by atoms with Gasteiger partial charge in [-0.15, -0.1) is 0 Å². The second-order valence-corrected chi connectivity index (χ2v) is 8.38. The van der Waals surface area contributed by atoms with Gasteiger partial charge in [-0.3, -0.25) is 14.4 Å². The number of carbonyl (C=O) groups excluding carboxylic acids is 3. The average molecular weight is 441 g/mol. The Bertz CT molecular complexity index is 997. The highest BCUT2D eigenvalue weighted by atomic mass is 35.5. The van der Waals surface area contributed by atoms with Gasteiger partial charge >= 0.3 is 0 Å². The molecule has 31 heavy (non-hydrogen) atoms. The van der Waals surface area contributed by atoms with Gasteiger partial charge in [0.25, 0.3) is 5.91 Å². The van der Waals surface area contributed by atoms with Crippen LogP contribution in [0, 0.1) is 5.92 Å². The zero-order chi connectivity index (χ0) is 22.0. The predicted molar refractivity (Wildman–Crippen MR) is 119 cm³/mol. The first kappa shape index (κ1) is 21.4. The number of methoxy groups -OCH3 is 1. The average Bonchev–Trinajstić information content (AvgIpc) is 3.24. The summed E-state index contributed by atoms with van der Waals surface area (Å²) < 4.78 is 5.15. The third-order valence-electron chi connectivity index (χ3n) is 6.08. The van der Waals surface area contributed by atoms with Crippen molar-refractivity contribution in [1.29, 1.82) is 0 Å². The van der Waals surface area contributed by atoms with Crippen molar-refractivity contribution >= 4 is 34.9 Å². The molecule has 0 saturated carbocycles. The number of benzene rings is 2. The Balaban J connectivity index is 1.41. The van der Waals surface area contributed by atoms with E-state index in [9.17, 15) is 14.4 Å². The summed E-state index contributed by atoms with van der Waals surface area (Å²) in [7, 11) is 1.59. The monoisotopic (exact) mass is 440 g/mol. The highest BCUT2D eigenvalue weighted by Gasteiger charge is 2.30. The number of hydrogen-bond acceptors (Lipinski definition) is 4. The molecule has 0 atom stereocenters. The van der Waals surface area contributed by atoms with Gasteiger partial charge in [0.15, 0.2) is 5.78 Å². The van der Waals surface area contributed by atoms with Gasteiger partial charge in [-0.2, -0.15) is 0 Å². The molecule has 162 valence electrons. The van der Waals surface area contributed by atoms with E-state index in [1.54, 1.807) is 59.4 Å². The van der Waals surface area contributed by atoms with E-state index in [0.717, 1.165) is 12.2 Å². The normalized spacial score (nSPS) is 17.2.